The topological polar surface area (TPSA) is 35.5 Å². The van der Waals surface area contributed by atoms with Crippen LogP contribution in [0, 0.1) is 0 Å². The molecule has 1 aromatic carbocycles. The average molecular weight is 250 g/mol. The van der Waals surface area contributed by atoms with Crippen LogP contribution in [0.3, 0.4) is 0 Å². The molecule has 0 aliphatic rings. The van der Waals surface area contributed by atoms with E-state index in [0.717, 1.165) is 18.6 Å². The van der Waals surface area contributed by atoms with E-state index in [-0.39, 0.29) is 5.97 Å². The molecule has 0 aliphatic heterocycles. The Kier molecular flexibility index (Phi) is 6.26. The molecular formula is C15H22O3. The lowest BCUT2D eigenvalue weighted by Crippen LogP contribution is -2.04. The highest BCUT2D eigenvalue weighted by atomic mass is 16.5. The summed E-state index contributed by atoms with van der Waals surface area (Å²) in [5.74, 6) is 1.22. The lowest BCUT2D eigenvalue weighted by atomic mass is 9.95. The summed E-state index contributed by atoms with van der Waals surface area (Å²) < 4.78 is 10.0. The SMILES string of the molecule is CCOC(=O)CCCC(C)c1ccc(OC)cc1. The molecule has 0 saturated carbocycles. The largest absolute Gasteiger partial charge is 0.497 e. The zero-order chi connectivity index (χ0) is 13.4. The summed E-state index contributed by atoms with van der Waals surface area (Å²) in [5.41, 5.74) is 1.28. The second-order valence-corrected chi connectivity index (χ2v) is 4.37. The van der Waals surface area contributed by atoms with Crippen molar-refractivity contribution < 1.29 is 14.3 Å². The van der Waals surface area contributed by atoms with Crippen LogP contribution in [0.4, 0.5) is 0 Å². The summed E-state index contributed by atoms with van der Waals surface area (Å²) in [6.07, 6.45) is 2.37. The Bertz CT molecular complexity index is 357. The number of ether oxygens (including phenoxy) is 2. The first-order chi connectivity index (χ1) is 8.67. The number of carbonyl (C=O) groups is 1. The molecule has 0 aromatic heterocycles. The molecule has 3 heteroatoms. The number of carbonyl (C=O) groups excluding carboxylic acids is 1. The van der Waals surface area contributed by atoms with Gasteiger partial charge in [0, 0.05) is 6.42 Å². The van der Waals surface area contributed by atoms with E-state index in [0.29, 0.717) is 18.9 Å². The van der Waals surface area contributed by atoms with E-state index < -0.39 is 0 Å². The Morgan fingerprint density at radius 1 is 1.28 bits per heavy atom. The van der Waals surface area contributed by atoms with Gasteiger partial charge in [-0.25, -0.2) is 0 Å². The molecule has 0 N–H and O–H groups in total. The number of rotatable bonds is 7. The van der Waals surface area contributed by atoms with Gasteiger partial charge in [-0.3, -0.25) is 4.79 Å². The Labute approximate surface area is 109 Å². The second-order valence-electron chi connectivity index (χ2n) is 4.37. The maximum absolute atomic E-state index is 11.2. The molecule has 0 radical (unpaired) electrons. The van der Waals surface area contributed by atoms with Crippen molar-refractivity contribution >= 4 is 5.97 Å². The van der Waals surface area contributed by atoms with Gasteiger partial charge >= 0.3 is 5.97 Å². The summed E-state index contributed by atoms with van der Waals surface area (Å²) in [7, 11) is 1.66. The minimum Gasteiger partial charge on any atom is -0.497 e. The highest BCUT2D eigenvalue weighted by molar-refractivity contribution is 5.69. The molecule has 0 bridgehead atoms. The molecule has 1 atom stereocenters. The van der Waals surface area contributed by atoms with Crippen LogP contribution in [-0.2, 0) is 9.53 Å². The van der Waals surface area contributed by atoms with Crippen LogP contribution in [-0.4, -0.2) is 19.7 Å². The molecule has 0 spiro atoms. The molecule has 0 fully saturated rings. The number of hydrogen-bond donors (Lipinski definition) is 0. The van der Waals surface area contributed by atoms with Crippen molar-refractivity contribution in [3.8, 4) is 5.75 Å². The molecule has 0 heterocycles. The molecule has 0 amide bonds. The molecule has 1 unspecified atom stereocenters. The van der Waals surface area contributed by atoms with Crippen LogP contribution in [0.2, 0.25) is 0 Å². The maximum atomic E-state index is 11.2. The third-order valence-corrected chi connectivity index (χ3v) is 3.01. The van der Waals surface area contributed by atoms with Crippen LogP contribution in [0.1, 0.15) is 44.6 Å². The second kappa shape index (κ2) is 7.75. The minimum atomic E-state index is -0.0977. The Hall–Kier alpha value is -1.51. The van der Waals surface area contributed by atoms with Gasteiger partial charge < -0.3 is 9.47 Å². The van der Waals surface area contributed by atoms with Gasteiger partial charge in [-0.2, -0.15) is 0 Å². The highest BCUT2D eigenvalue weighted by Gasteiger charge is 2.08. The van der Waals surface area contributed by atoms with Crippen LogP contribution in [0.5, 0.6) is 5.75 Å². The van der Waals surface area contributed by atoms with Crippen molar-refractivity contribution in [3.63, 3.8) is 0 Å². The molecule has 1 aromatic rings. The van der Waals surface area contributed by atoms with Gasteiger partial charge in [0.15, 0.2) is 0 Å². The molecule has 0 aliphatic carbocycles. The molecular weight excluding hydrogens is 228 g/mol. The van der Waals surface area contributed by atoms with E-state index >= 15 is 0 Å². The monoisotopic (exact) mass is 250 g/mol. The Balaban J connectivity index is 2.35. The Morgan fingerprint density at radius 2 is 1.94 bits per heavy atom. The zero-order valence-corrected chi connectivity index (χ0v) is 11.4. The number of methoxy groups -OCH3 is 1. The molecule has 100 valence electrons. The van der Waals surface area contributed by atoms with Gasteiger partial charge in [0.05, 0.1) is 13.7 Å². The van der Waals surface area contributed by atoms with Crippen molar-refractivity contribution in [1.29, 1.82) is 0 Å². The standard InChI is InChI=1S/C15H22O3/c1-4-18-15(16)7-5-6-12(2)13-8-10-14(17-3)11-9-13/h8-12H,4-7H2,1-3H3. The van der Waals surface area contributed by atoms with Crippen LogP contribution in [0.15, 0.2) is 24.3 Å². The number of hydrogen-bond acceptors (Lipinski definition) is 3. The lowest BCUT2D eigenvalue weighted by Gasteiger charge is -2.12. The predicted octanol–water partition coefficient (Wildman–Crippen LogP) is 3.53. The summed E-state index contributed by atoms with van der Waals surface area (Å²) in [6, 6.07) is 8.09. The fraction of sp³-hybridized carbons (Fsp3) is 0.533. The highest BCUT2D eigenvalue weighted by Crippen LogP contribution is 2.23. The van der Waals surface area contributed by atoms with E-state index in [1.807, 2.05) is 19.1 Å². The van der Waals surface area contributed by atoms with E-state index in [1.54, 1.807) is 7.11 Å². The van der Waals surface area contributed by atoms with Crippen LogP contribution < -0.4 is 4.74 Å². The number of benzene rings is 1. The van der Waals surface area contributed by atoms with Crippen molar-refractivity contribution in [3.05, 3.63) is 29.8 Å². The van der Waals surface area contributed by atoms with Gasteiger partial charge in [-0.05, 0) is 43.4 Å². The average Bonchev–Trinajstić information content (AvgIpc) is 2.39. The van der Waals surface area contributed by atoms with Crippen LogP contribution >= 0.6 is 0 Å². The van der Waals surface area contributed by atoms with Gasteiger partial charge in [0.1, 0.15) is 5.75 Å². The van der Waals surface area contributed by atoms with Crippen molar-refractivity contribution in [2.75, 3.05) is 13.7 Å². The van der Waals surface area contributed by atoms with Crippen LogP contribution in [0.25, 0.3) is 0 Å². The first-order valence-corrected chi connectivity index (χ1v) is 6.47. The molecule has 3 nitrogen and oxygen atoms in total. The smallest absolute Gasteiger partial charge is 0.305 e. The fourth-order valence-electron chi connectivity index (χ4n) is 1.88. The summed E-state index contributed by atoms with van der Waals surface area (Å²) in [4.78, 5) is 11.2. The van der Waals surface area contributed by atoms with Gasteiger partial charge in [0.2, 0.25) is 0 Å². The lowest BCUT2D eigenvalue weighted by molar-refractivity contribution is -0.143. The fourth-order valence-corrected chi connectivity index (χ4v) is 1.88. The van der Waals surface area contributed by atoms with E-state index in [4.69, 9.17) is 9.47 Å². The first kappa shape index (κ1) is 14.6. The number of esters is 1. The third-order valence-electron chi connectivity index (χ3n) is 3.01. The van der Waals surface area contributed by atoms with Gasteiger partial charge in [-0.15, -0.1) is 0 Å². The van der Waals surface area contributed by atoms with Gasteiger partial charge in [-0.1, -0.05) is 19.1 Å². The van der Waals surface area contributed by atoms with Gasteiger partial charge in [0.25, 0.3) is 0 Å². The molecule has 18 heavy (non-hydrogen) atoms. The first-order valence-electron chi connectivity index (χ1n) is 6.47. The van der Waals surface area contributed by atoms with Crippen molar-refractivity contribution in [2.24, 2.45) is 0 Å². The third kappa shape index (κ3) is 4.78. The quantitative estimate of drug-likeness (QED) is 0.694. The minimum absolute atomic E-state index is 0.0977. The Morgan fingerprint density at radius 3 is 2.50 bits per heavy atom. The van der Waals surface area contributed by atoms with E-state index in [1.165, 1.54) is 5.56 Å². The normalized spacial score (nSPS) is 11.9. The summed E-state index contributed by atoms with van der Waals surface area (Å²) in [6.45, 7) is 4.47. The summed E-state index contributed by atoms with van der Waals surface area (Å²) >= 11 is 0. The van der Waals surface area contributed by atoms with Crippen molar-refractivity contribution in [2.45, 2.75) is 39.0 Å². The zero-order valence-electron chi connectivity index (χ0n) is 11.4. The summed E-state index contributed by atoms with van der Waals surface area (Å²) in [5, 5.41) is 0. The maximum Gasteiger partial charge on any atom is 0.305 e. The van der Waals surface area contributed by atoms with E-state index in [9.17, 15) is 4.79 Å². The molecule has 1 rings (SSSR count). The molecule has 0 saturated heterocycles. The van der Waals surface area contributed by atoms with E-state index in [2.05, 4.69) is 19.1 Å². The predicted molar refractivity (Wildman–Crippen MR) is 71.9 cm³/mol. The van der Waals surface area contributed by atoms with Crippen molar-refractivity contribution in [1.82, 2.24) is 0 Å².